The van der Waals surface area contributed by atoms with Gasteiger partial charge in [-0.1, -0.05) is 72.3 Å². The highest BCUT2D eigenvalue weighted by Gasteiger charge is 1.97. The van der Waals surface area contributed by atoms with Crippen LogP contribution in [0.5, 0.6) is 11.5 Å². The number of para-hydroxylation sites is 1. The topological polar surface area (TPSA) is 18.5 Å². The molecule has 0 saturated carbocycles. The summed E-state index contributed by atoms with van der Waals surface area (Å²) >= 11 is 6.14. The third kappa shape index (κ3) is 4.86. The van der Waals surface area contributed by atoms with Crippen molar-refractivity contribution in [3.63, 3.8) is 0 Å². The molecular formula is C20H16ClO2P. The summed E-state index contributed by atoms with van der Waals surface area (Å²) in [5, 5.41) is 0.743. The zero-order valence-corrected chi connectivity index (χ0v) is 14.6. The normalized spacial score (nSPS) is 11.2. The quantitative estimate of drug-likeness (QED) is 0.372. The minimum Gasteiger partial charge on any atom is -0.441 e. The predicted octanol–water partition coefficient (Wildman–Crippen LogP) is 6.48. The van der Waals surface area contributed by atoms with Gasteiger partial charge >= 0.3 is 0 Å². The second kappa shape index (κ2) is 8.54. The Hall–Kier alpha value is -2.28. The molecular weight excluding hydrogens is 339 g/mol. The number of benzene rings is 3. The van der Waals surface area contributed by atoms with Crippen LogP contribution in [0, 0.1) is 0 Å². The molecule has 3 aromatic rings. The van der Waals surface area contributed by atoms with Crippen molar-refractivity contribution in [3.8, 4) is 11.5 Å². The highest BCUT2D eigenvalue weighted by molar-refractivity contribution is 7.27. The van der Waals surface area contributed by atoms with E-state index in [-0.39, 0.29) is 9.03 Å². The average Bonchev–Trinajstić information content (AvgIpc) is 2.63. The van der Waals surface area contributed by atoms with Gasteiger partial charge in [-0.3, -0.25) is 0 Å². The second-order valence-corrected chi connectivity index (χ2v) is 6.01. The van der Waals surface area contributed by atoms with Crippen molar-refractivity contribution in [2.45, 2.75) is 0 Å². The minimum atomic E-state index is -0.0748. The molecule has 0 bridgehead atoms. The average molecular weight is 355 g/mol. The molecule has 0 amide bonds. The Balaban J connectivity index is 1.54. The molecule has 0 aliphatic heterocycles. The van der Waals surface area contributed by atoms with Gasteiger partial charge in [-0.2, -0.15) is 0 Å². The number of rotatable bonds is 6. The van der Waals surface area contributed by atoms with Crippen LogP contribution in [-0.2, 0) is 0 Å². The van der Waals surface area contributed by atoms with E-state index in [1.807, 2.05) is 91.0 Å². The summed E-state index contributed by atoms with van der Waals surface area (Å²) in [6.45, 7) is 0. The zero-order chi connectivity index (χ0) is 16.6. The summed E-state index contributed by atoms with van der Waals surface area (Å²) < 4.78 is 11.1. The van der Waals surface area contributed by atoms with Crippen LogP contribution in [0.1, 0.15) is 11.1 Å². The standard InChI is InChI=1S/C20H16ClO2P/c21-20-9-5-4-6-17(20)13-10-16-11-14-19(15-12-16)23-24-22-18-7-2-1-3-8-18/h1-15,24H/b13-10+. The van der Waals surface area contributed by atoms with Crippen molar-refractivity contribution in [1.29, 1.82) is 0 Å². The van der Waals surface area contributed by atoms with E-state index < -0.39 is 0 Å². The van der Waals surface area contributed by atoms with Crippen LogP contribution in [0.2, 0.25) is 5.02 Å². The van der Waals surface area contributed by atoms with Crippen molar-refractivity contribution in [1.82, 2.24) is 0 Å². The minimum absolute atomic E-state index is 0.0748. The number of hydrogen-bond acceptors (Lipinski definition) is 2. The van der Waals surface area contributed by atoms with Gasteiger partial charge in [-0.15, -0.1) is 0 Å². The maximum Gasteiger partial charge on any atom is 0.275 e. The monoisotopic (exact) mass is 354 g/mol. The van der Waals surface area contributed by atoms with Gasteiger partial charge in [0.25, 0.3) is 9.03 Å². The van der Waals surface area contributed by atoms with Crippen molar-refractivity contribution in [2.24, 2.45) is 0 Å². The molecule has 0 heterocycles. The number of halogens is 1. The van der Waals surface area contributed by atoms with Gasteiger partial charge in [0.15, 0.2) is 0 Å². The molecule has 3 rings (SSSR count). The Morgan fingerprint density at radius 3 is 2.00 bits per heavy atom. The third-order valence-electron chi connectivity index (χ3n) is 3.30. The molecule has 0 aromatic heterocycles. The van der Waals surface area contributed by atoms with E-state index >= 15 is 0 Å². The van der Waals surface area contributed by atoms with Gasteiger partial charge in [-0.25, -0.2) is 0 Å². The lowest BCUT2D eigenvalue weighted by atomic mass is 10.1. The summed E-state index contributed by atoms with van der Waals surface area (Å²) in [6, 6.07) is 25.2. The van der Waals surface area contributed by atoms with Crippen LogP contribution < -0.4 is 9.05 Å². The van der Waals surface area contributed by atoms with Crippen LogP contribution in [0.15, 0.2) is 78.9 Å². The molecule has 3 aromatic carbocycles. The smallest absolute Gasteiger partial charge is 0.275 e. The van der Waals surface area contributed by atoms with E-state index in [1.165, 1.54) is 0 Å². The van der Waals surface area contributed by atoms with Gasteiger partial charge < -0.3 is 9.05 Å². The fraction of sp³-hybridized carbons (Fsp3) is 0. The first-order valence-corrected chi connectivity index (χ1v) is 8.67. The van der Waals surface area contributed by atoms with Crippen molar-refractivity contribution in [2.75, 3.05) is 0 Å². The number of hydrogen-bond donors (Lipinski definition) is 0. The molecule has 0 aliphatic carbocycles. The molecule has 24 heavy (non-hydrogen) atoms. The molecule has 0 fully saturated rings. The van der Waals surface area contributed by atoms with Crippen molar-refractivity contribution in [3.05, 3.63) is 95.0 Å². The Kier molecular flexibility index (Phi) is 5.90. The molecule has 120 valence electrons. The fourth-order valence-electron chi connectivity index (χ4n) is 2.05. The SMILES string of the molecule is Clc1ccccc1/C=C/c1ccc(OPOc2ccccc2)cc1. The van der Waals surface area contributed by atoms with Gasteiger partial charge in [0.05, 0.1) is 0 Å². The first kappa shape index (κ1) is 16.6. The van der Waals surface area contributed by atoms with Crippen LogP contribution >= 0.6 is 20.6 Å². The molecule has 2 nitrogen and oxygen atoms in total. The Bertz CT molecular complexity index is 801. The Morgan fingerprint density at radius 2 is 1.29 bits per heavy atom. The predicted molar refractivity (Wildman–Crippen MR) is 103 cm³/mol. The van der Waals surface area contributed by atoms with E-state index in [0.29, 0.717) is 0 Å². The fourth-order valence-corrected chi connectivity index (χ4v) is 2.75. The van der Waals surface area contributed by atoms with E-state index in [9.17, 15) is 0 Å². The van der Waals surface area contributed by atoms with E-state index in [1.54, 1.807) is 0 Å². The van der Waals surface area contributed by atoms with Gasteiger partial charge in [-0.05, 0) is 41.5 Å². The molecule has 0 aliphatic rings. The van der Waals surface area contributed by atoms with Crippen molar-refractivity contribution >= 4 is 32.8 Å². The molecule has 0 spiro atoms. The first-order chi connectivity index (χ1) is 11.8. The van der Waals surface area contributed by atoms with Gasteiger partial charge in [0.2, 0.25) is 0 Å². The summed E-state index contributed by atoms with van der Waals surface area (Å²) in [4.78, 5) is 0. The Morgan fingerprint density at radius 1 is 0.667 bits per heavy atom. The van der Waals surface area contributed by atoms with E-state index in [0.717, 1.165) is 27.6 Å². The summed E-state index contributed by atoms with van der Waals surface area (Å²) in [5.41, 5.74) is 2.08. The lowest BCUT2D eigenvalue weighted by molar-refractivity contribution is 0.516. The molecule has 4 heteroatoms. The maximum atomic E-state index is 6.14. The first-order valence-electron chi connectivity index (χ1n) is 7.48. The van der Waals surface area contributed by atoms with Gasteiger partial charge in [0.1, 0.15) is 11.5 Å². The van der Waals surface area contributed by atoms with Gasteiger partial charge in [0, 0.05) is 5.02 Å². The van der Waals surface area contributed by atoms with Crippen molar-refractivity contribution < 1.29 is 9.05 Å². The largest absolute Gasteiger partial charge is 0.441 e. The highest BCUT2D eigenvalue weighted by Crippen LogP contribution is 2.25. The highest BCUT2D eigenvalue weighted by atomic mass is 35.5. The van der Waals surface area contributed by atoms with E-state index in [2.05, 4.69) is 0 Å². The maximum absolute atomic E-state index is 6.14. The molecule has 1 atom stereocenters. The molecule has 0 radical (unpaired) electrons. The van der Waals surface area contributed by atoms with Crippen LogP contribution in [0.25, 0.3) is 12.2 Å². The molecule has 0 saturated heterocycles. The lowest BCUT2D eigenvalue weighted by Gasteiger charge is -2.07. The second-order valence-electron chi connectivity index (χ2n) is 5.02. The van der Waals surface area contributed by atoms with E-state index in [4.69, 9.17) is 20.6 Å². The molecule has 0 N–H and O–H groups in total. The lowest BCUT2D eigenvalue weighted by Crippen LogP contribution is -1.84. The summed E-state index contributed by atoms with van der Waals surface area (Å²) in [7, 11) is -0.0748. The Labute approximate surface area is 148 Å². The third-order valence-corrected chi connectivity index (χ3v) is 4.29. The van der Waals surface area contributed by atoms with Crippen LogP contribution in [-0.4, -0.2) is 0 Å². The zero-order valence-electron chi connectivity index (χ0n) is 12.9. The molecule has 1 unspecified atom stereocenters. The summed E-state index contributed by atoms with van der Waals surface area (Å²) in [6.07, 6.45) is 4.02. The summed E-state index contributed by atoms with van der Waals surface area (Å²) in [5.74, 6) is 1.58. The van der Waals surface area contributed by atoms with Crippen LogP contribution in [0.4, 0.5) is 0 Å². The van der Waals surface area contributed by atoms with Crippen LogP contribution in [0.3, 0.4) is 0 Å².